The third kappa shape index (κ3) is 3.16. The summed E-state index contributed by atoms with van der Waals surface area (Å²) in [4.78, 5) is 33.0. The van der Waals surface area contributed by atoms with Gasteiger partial charge >= 0.3 is 0 Å². The number of carbonyl (C=O) groups is 2. The number of fused-ring (bicyclic) bond motifs is 5. The SMILES string of the molecule is NC(=O)C1C2CC3NC(=O)Cc4cccc(c4)Nc4ncc(F)c(n4)NC1C3C2. The van der Waals surface area contributed by atoms with Crippen LogP contribution in [0.5, 0.6) is 0 Å². The molecule has 3 aliphatic rings. The molecule has 2 amide bonds. The highest BCUT2D eigenvalue weighted by Gasteiger charge is 2.55. The van der Waals surface area contributed by atoms with Crippen molar-refractivity contribution in [3.8, 4) is 0 Å². The molecule has 5 rings (SSSR count). The number of hydrogen-bond donors (Lipinski definition) is 4. The Balaban J connectivity index is 1.56. The zero-order valence-electron chi connectivity index (χ0n) is 15.6. The zero-order chi connectivity index (χ0) is 20.1. The third-order valence-corrected chi connectivity index (χ3v) is 6.27. The van der Waals surface area contributed by atoms with E-state index in [2.05, 4.69) is 25.9 Å². The van der Waals surface area contributed by atoms with E-state index >= 15 is 0 Å². The number of nitrogens with zero attached hydrogens (tertiary/aromatic N) is 2. The van der Waals surface area contributed by atoms with E-state index in [1.807, 2.05) is 24.3 Å². The number of halogens is 1. The van der Waals surface area contributed by atoms with Gasteiger partial charge in [-0.15, -0.1) is 0 Å². The van der Waals surface area contributed by atoms with Crippen LogP contribution in [0.1, 0.15) is 18.4 Å². The number of amides is 2. The van der Waals surface area contributed by atoms with Crippen LogP contribution in [0.2, 0.25) is 0 Å². The van der Waals surface area contributed by atoms with E-state index in [1.165, 1.54) is 0 Å². The second-order valence-electron chi connectivity index (χ2n) is 8.06. The number of rotatable bonds is 1. The van der Waals surface area contributed by atoms with Gasteiger partial charge in [0.25, 0.3) is 0 Å². The fourth-order valence-corrected chi connectivity index (χ4v) is 5.15. The molecular weight excluding hydrogens is 375 g/mol. The molecule has 2 aromatic rings. The Bertz CT molecular complexity index is 999. The minimum Gasteiger partial charge on any atom is -0.369 e. The van der Waals surface area contributed by atoms with Gasteiger partial charge in [0.1, 0.15) is 0 Å². The maximum atomic E-state index is 14.4. The molecule has 8 nitrogen and oxygen atoms in total. The van der Waals surface area contributed by atoms with Gasteiger partial charge in [0.05, 0.1) is 18.5 Å². The number of benzene rings is 1. The van der Waals surface area contributed by atoms with E-state index in [-0.39, 0.29) is 42.0 Å². The fourth-order valence-electron chi connectivity index (χ4n) is 5.15. The minimum atomic E-state index is -0.608. The lowest BCUT2D eigenvalue weighted by molar-refractivity contribution is -0.123. The van der Waals surface area contributed by atoms with Crippen molar-refractivity contribution in [2.45, 2.75) is 31.3 Å². The van der Waals surface area contributed by atoms with Crippen molar-refractivity contribution in [3.63, 3.8) is 0 Å². The van der Waals surface area contributed by atoms with Crippen LogP contribution < -0.4 is 21.7 Å². The Labute approximate surface area is 166 Å². The Morgan fingerprint density at radius 1 is 1.24 bits per heavy atom. The molecule has 6 bridgehead atoms. The van der Waals surface area contributed by atoms with Gasteiger partial charge in [0.15, 0.2) is 11.6 Å². The number of nitrogens with one attached hydrogen (secondary N) is 3. The molecule has 2 saturated carbocycles. The van der Waals surface area contributed by atoms with Crippen LogP contribution in [-0.2, 0) is 16.0 Å². The average Bonchev–Trinajstić information content (AvgIpc) is 3.21. The van der Waals surface area contributed by atoms with E-state index in [0.29, 0.717) is 12.1 Å². The van der Waals surface area contributed by atoms with E-state index < -0.39 is 23.7 Å². The van der Waals surface area contributed by atoms with Crippen molar-refractivity contribution >= 4 is 29.3 Å². The number of hydrogen-bond acceptors (Lipinski definition) is 6. The first-order valence-corrected chi connectivity index (χ1v) is 9.71. The molecule has 5 unspecified atom stereocenters. The predicted molar refractivity (Wildman–Crippen MR) is 104 cm³/mol. The Kier molecular flexibility index (Phi) is 4.11. The van der Waals surface area contributed by atoms with Gasteiger partial charge in [-0.3, -0.25) is 9.59 Å². The van der Waals surface area contributed by atoms with Gasteiger partial charge in [-0.1, -0.05) is 12.1 Å². The quantitative estimate of drug-likeness (QED) is 0.577. The molecule has 5 atom stereocenters. The average molecular weight is 396 g/mol. The molecule has 5 N–H and O–H groups in total. The first kappa shape index (κ1) is 17.8. The smallest absolute Gasteiger partial charge is 0.229 e. The molecule has 1 aliphatic heterocycles. The number of nitrogens with two attached hydrogens (primary N) is 1. The van der Waals surface area contributed by atoms with Crippen LogP contribution in [-0.4, -0.2) is 33.9 Å². The molecule has 0 radical (unpaired) electrons. The zero-order valence-corrected chi connectivity index (χ0v) is 15.6. The summed E-state index contributed by atoms with van der Waals surface area (Å²) in [6.45, 7) is 0. The molecule has 150 valence electrons. The van der Waals surface area contributed by atoms with Gasteiger partial charge < -0.3 is 21.7 Å². The molecular formula is C20H21FN6O2. The summed E-state index contributed by atoms with van der Waals surface area (Å²) < 4.78 is 14.4. The summed E-state index contributed by atoms with van der Waals surface area (Å²) in [6.07, 6.45) is 2.79. The van der Waals surface area contributed by atoms with Crippen molar-refractivity contribution < 1.29 is 14.0 Å². The number of carbonyl (C=O) groups excluding carboxylic acids is 2. The van der Waals surface area contributed by atoms with Crippen LogP contribution in [0.25, 0.3) is 0 Å². The summed E-state index contributed by atoms with van der Waals surface area (Å²) in [7, 11) is 0. The van der Waals surface area contributed by atoms with Crippen LogP contribution >= 0.6 is 0 Å². The van der Waals surface area contributed by atoms with Gasteiger partial charge in [0.2, 0.25) is 17.8 Å². The predicted octanol–water partition coefficient (Wildman–Crippen LogP) is 1.32. The van der Waals surface area contributed by atoms with E-state index in [9.17, 15) is 14.0 Å². The topological polar surface area (TPSA) is 122 Å². The van der Waals surface area contributed by atoms with Crippen LogP contribution in [0.4, 0.5) is 21.8 Å². The maximum absolute atomic E-state index is 14.4. The molecule has 29 heavy (non-hydrogen) atoms. The monoisotopic (exact) mass is 396 g/mol. The molecule has 0 spiro atoms. The highest BCUT2D eigenvalue weighted by Crippen LogP contribution is 2.49. The van der Waals surface area contributed by atoms with Gasteiger partial charge in [-0.25, -0.2) is 9.37 Å². The van der Waals surface area contributed by atoms with Crippen LogP contribution in [0.15, 0.2) is 30.5 Å². The summed E-state index contributed by atoms with van der Waals surface area (Å²) in [5, 5.41) is 9.24. The number of anilines is 3. The first-order chi connectivity index (χ1) is 14.0. The molecule has 2 fully saturated rings. The third-order valence-electron chi connectivity index (χ3n) is 6.27. The molecule has 1 aromatic heterocycles. The molecule has 1 aromatic carbocycles. The number of aromatic nitrogens is 2. The van der Waals surface area contributed by atoms with Crippen molar-refractivity contribution in [2.24, 2.45) is 23.5 Å². The van der Waals surface area contributed by atoms with Crippen molar-refractivity contribution in [3.05, 3.63) is 41.8 Å². The highest BCUT2D eigenvalue weighted by molar-refractivity contribution is 5.81. The normalized spacial score (nSPS) is 30.0. The van der Waals surface area contributed by atoms with Crippen LogP contribution in [0.3, 0.4) is 0 Å². The van der Waals surface area contributed by atoms with Gasteiger partial charge in [-0.05, 0) is 36.5 Å². The second-order valence-corrected chi connectivity index (χ2v) is 8.06. The molecule has 9 heteroatoms. The summed E-state index contributed by atoms with van der Waals surface area (Å²) in [6, 6.07) is 6.90. The van der Waals surface area contributed by atoms with Gasteiger partial charge in [-0.2, -0.15) is 4.98 Å². The highest BCUT2D eigenvalue weighted by atomic mass is 19.1. The Hall–Kier alpha value is -3.23. The van der Waals surface area contributed by atoms with E-state index in [4.69, 9.17) is 5.73 Å². The lowest BCUT2D eigenvalue weighted by Gasteiger charge is -2.35. The standard InChI is InChI=1S/C20H21FN6O2/c21-13-8-23-20-24-11-3-1-2-9(4-11)5-15(28)25-14-7-10-6-12(14)17(16(10)18(22)29)26-19(13)27-20/h1-4,8,10,12,14,16-17H,5-7H2,(H2,22,29)(H,25,28)(H2,23,24,26,27). The minimum absolute atomic E-state index is 0.0181. The Morgan fingerprint density at radius 3 is 2.93 bits per heavy atom. The van der Waals surface area contributed by atoms with E-state index in [1.54, 1.807) is 0 Å². The van der Waals surface area contributed by atoms with Gasteiger partial charge in [0, 0.05) is 23.7 Å². The van der Waals surface area contributed by atoms with Crippen molar-refractivity contribution in [2.75, 3.05) is 10.6 Å². The number of primary amides is 1. The largest absolute Gasteiger partial charge is 0.369 e. The maximum Gasteiger partial charge on any atom is 0.229 e. The fraction of sp³-hybridized carbons (Fsp3) is 0.400. The molecule has 2 aliphatic carbocycles. The summed E-state index contributed by atoms with van der Waals surface area (Å²) >= 11 is 0. The summed E-state index contributed by atoms with van der Waals surface area (Å²) in [5.74, 6) is -1.26. The van der Waals surface area contributed by atoms with Crippen molar-refractivity contribution in [1.82, 2.24) is 15.3 Å². The van der Waals surface area contributed by atoms with Crippen molar-refractivity contribution in [1.29, 1.82) is 0 Å². The molecule has 0 saturated heterocycles. The lowest BCUT2D eigenvalue weighted by Crippen LogP contribution is -2.52. The van der Waals surface area contributed by atoms with Crippen LogP contribution in [0, 0.1) is 23.6 Å². The lowest BCUT2D eigenvalue weighted by atomic mass is 9.81. The van der Waals surface area contributed by atoms with E-state index in [0.717, 1.165) is 18.2 Å². The molecule has 2 heterocycles. The summed E-state index contributed by atoms with van der Waals surface area (Å²) in [5.41, 5.74) is 7.20. The second kappa shape index (κ2) is 6.68. The first-order valence-electron chi connectivity index (χ1n) is 9.71. The Morgan fingerprint density at radius 2 is 2.10 bits per heavy atom.